The third-order valence-corrected chi connectivity index (χ3v) is 5.09. The van der Waals surface area contributed by atoms with Crippen LogP contribution in [0.1, 0.15) is 12.5 Å². The van der Waals surface area contributed by atoms with Crippen LogP contribution in [0.2, 0.25) is 10.0 Å². The number of sulfonamides is 1. The van der Waals surface area contributed by atoms with E-state index in [1.807, 2.05) is 0 Å². The Morgan fingerprint density at radius 1 is 1.15 bits per heavy atom. The molecule has 2 rings (SSSR count). The average Bonchev–Trinajstić information content (AvgIpc) is 2.57. The molecule has 1 amide bonds. The van der Waals surface area contributed by atoms with Gasteiger partial charge in [-0.3, -0.25) is 9.59 Å². The van der Waals surface area contributed by atoms with Crippen molar-refractivity contribution >= 4 is 50.8 Å². The lowest BCUT2D eigenvalue weighted by Gasteiger charge is -2.14. The van der Waals surface area contributed by atoms with Gasteiger partial charge in [0.05, 0.1) is 21.4 Å². The lowest BCUT2D eigenvalue weighted by molar-refractivity contribution is -0.152. The minimum atomic E-state index is -3.90. The first-order valence-corrected chi connectivity index (χ1v) is 9.93. The number of anilines is 1. The van der Waals surface area contributed by atoms with Crippen LogP contribution in [0.5, 0.6) is 0 Å². The third-order valence-electron chi connectivity index (χ3n) is 3.44. The van der Waals surface area contributed by atoms with Crippen LogP contribution in [0.3, 0.4) is 0 Å². The minimum absolute atomic E-state index is 0.0879. The zero-order valence-corrected chi connectivity index (χ0v) is 16.4. The quantitative estimate of drug-likeness (QED) is 0.683. The first-order chi connectivity index (χ1) is 12.6. The molecule has 0 bridgehead atoms. The van der Waals surface area contributed by atoms with Crippen molar-refractivity contribution in [1.82, 2.24) is 0 Å². The Balaban J connectivity index is 1.97. The Morgan fingerprint density at radius 3 is 2.48 bits per heavy atom. The Labute approximate surface area is 166 Å². The molecule has 0 aliphatic carbocycles. The number of amides is 1. The SMILES string of the molecule is CC(OC(=O)Cc1ccc(Cl)c(Cl)c1)C(=O)Nc1cccc(S(N)(=O)=O)c1. The molecule has 1 atom stereocenters. The highest BCUT2D eigenvalue weighted by molar-refractivity contribution is 7.89. The second kappa shape index (κ2) is 8.71. The van der Waals surface area contributed by atoms with Gasteiger partial charge in [0.1, 0.15) is 0 Å². The smallest absolute Gasteiger partial charge is 0.311 e. The molecule has 0 aliphatic heterocycles. The lowest BCUT2D eigenvalue weighted by atomic mass is 10.1. The zero-order valence-electron chi connectivity index (χ0n) is 14.1. The van der Waals surface area contributed by atoms with Gasteiger partial charge in [0.25, 0.3) is 5.91 Å². The second-order valence-corrected chi connectivity index (χ2v) is 8.00. The predicted molar refractivity (Wildman–Crippen MR) is 102 cm³/mol. The first kappa shape index (κ1) is 21.2. The van der Waals surface area contributed by atoms with Crippen molar-refractivity contribution in [1.29, 1.82) is 0 Å². The van der Waals surface area contributed by atoms with Crippen molar-refractivity contribution in [2.75, 3.05) is 5.32 Å². The molecule has 2 aromatic carbocycles. The van der Waals surface area contributed by atoms with E-state index in [0.717, 1.165) is 0 Å². The fraction of sp³-hybridized carbons (Fsp3) is 0.176. The molecule has 144 valence electrons. The Kier molecular flexibility index (Phi) is 6.83. The number of rotatable bonds is 6. The fourth-order valence-corrected chi connectivity index (χ4v) is 2.98. The molecule has 2 aromatic rings. The van der Waals surface area contributed by atoms with Gasteiger partial charge in [0.2, 0.25) is 10.0 Å². The molecule has 0 saturated heterocycles. The number of nitrogens with one attached hydrogen (secondary N) is 1. The van der Waals surface area contributed by atoms with E-state index in [-0.39, 0.29) is 17.0 Å². The molecule has 27 heavy (non-hydrogen) atoms. The molecule has 0 aromatic heterocycles. The monoisotopic (exact) mass is 430 g/mol. The standard InChI is InChI=1S/C17H16Cl2N2O5S/c1-10(26-16(22)8-11-5-6-14(18)15(19)7-11)17(23)21-12-3-2-4-13(9-12)27(20,24)25/h2-7,9-10H,8H2,1H3,(H,21,23)(H2,20,24,25). The summed E-state index contributed by atoms with van der Waals surface area (Å²) in [6, 6.07) is 10.1. The number of ether oxygens (including phenoxy) is 1. The summed E-state index contributed by atoms with van der Waals surface area (Å²) >= 11 is 11.7. The summed E-state index contributed by atoms with van der Waals surface area (Å²) in [4.78, 5) is 24.0. The third kappa shape index (κ3) is 6.21. The van der Waals surface area contributed by atoms with Crippen LogP contribution < -0.4 is 10.5 Å². The van der Waals surface area contributed by atoms with Crippen LogP contribution in [0.25, 0.3) is 0 Å². The number of esters is 1. The predicted octanol–water partition coefficient (Wildman–Crippen LogP) is 2.75. The van der Waals surface area contributed by atoms with Gasteiger partial charge in [-0.15, -0.1) is 0 Å². The van der Waals surface area contributed by atoms with Crippen molar-refractivity contribution in [2.45, 2.75) is 24.3 Å². The number of benzene rings is 2. The fourth-order valence-electron chi connectivity index (χ4n) is 2.10. The molecule has 0 aliphatic rings. The summed E-state index contributed by atoms with van der Waals surface area (Å²) in [7, 11) is -3.90. The maximum absolute atomic E-state index is 12.2. The van der Waals surface area contributed by atoms with Crippen LogP contribution in [-0.4, -0.2) is 26.4 Å². The van der Waals surface area contributed by atoms with Gasteiger partial charge in [-0.2, -0.15) is 0 Å². The van der Waals surface area contributed by atoms with Crippen molar-refractivity contribution in [3.05, 3.63) is 58.1 Å². The topological polar surface area (TPSA) is 116 Å². The van der Waals surface area contributed by atoms with Crippen molar-refractivity contribution < 1.29 is 22.7 Å². The molecular formula is C17H16Cl2N2O5S. The Morgan fingerprint density at radius 2 is 1.85 bits per heavy atom. The Hall–Kier alpha value is -2.13. The Bertz CT molecular complexity index is 979. The van der Waals surface area contributed by atoms with Gasteiger partial charge in [0.15, 0.2) is 6.10 Å². The van der Waals surface area contributed by atoms with Gasteiger partial charge in [-0.05, 0) is 42.8 Å². The van der Waals surface area contributed by atoms with E-state index in [0.29, 0.717) is 15.6 Å². The van der Waals surface area contributed by atoms with Crippen LogP contribution in [-0.2, 0) is 30.8 Å². The molecule has 7 nitrogen and oxygen atoms in total. The summed E-state index contributed by atoms with van der Waals surface area (Å²) in [5.41, 5.74) is 0.793. The lowest BCUT2D eigenvalue weighted by Crippen LogP contribution is -2.30. The summed E-state index contributed by atoms with van der Waals surface area (Å²) < 4.78 is 27.8. The number of primary sulfonamides is 1. The number of carbonyl (C=O) groups excluding carboxylic acids is 2. The normalized spacial score (nSPS) is 12.3. The van der Waals surface area contributed by atoms with Crippen molar-refractivity contribution in [2.24, 2.45) is 5.14 Å². The molecule has 1 unspecified atom stereocenters. The number of hydrogen-bond acceptors (Lipinski definition) is 5. The van der Waals surface area contributed by atoms with Crippen LogP contribution in [0.4, 0.5) is 5.69 Å². The van der Waals surface area contributed by atoms with Crippen molar-refractivity contribution in [3.63, 3.8) is 0 Å². The summed E-state index contributed by atoms with van der Waals surface area (Å²) in [5.74, 6) is -1.25. The van der Waals surface area contributed by atoms with Gasteiger partial charge in [-0.25, -0.2) is 13.6 Å². The van der Waals surface area contributed by atoms with Crippen LogP contribution >= 0.6 is 23.2 Å². The average molecular weight is 431 g/mol. The second-order valence-electron chi connectivity index (χ2n) is 5.62. The van der Waals surface area contributed by atoms with Gasteiger partial charge in [-0.1, -0.05) is 35.3 Å². The molecular weight excluding hydrogens is 415 g/mol. The molecule has 0 fully saturated rings. The highest BCUT2D eigenvalue weighted by Crippen LogP contribution is 2.23. The van der Waals surface area contributed by atoms with E-state index in [9.17, 15) is 18.0 Å². The molecule has 0 heterocycles. The van der Waals surface area contributed by atoms with E-state index < -0.39 is 28.0 Å². The number of halogens is 2. The van der Waals surface area contributed by atoms with Gasteiger partial charge >= 0.3 is 5.97 Å². The highest BCUT2D eigenvalue weighted by Gasteiger charge is 2.19. The summed E-state index contributed by atoms with van der Waals surface area (Å²) in [6.07, 6.45) is -1.19. The van der Waals surface area contributed by atoms with Crippen LogP contribution in [0, 0.1) is 0 Å². The van der Waals surface area contributed by atoms with E-state index in [1.54, 1.807) is 12.1 Å². The maximum atomic E-state index is 12.2. The largest absolute Gasteiger partial charge is 0.452 e. The first-order valence-electron chi connectivity index (χ1n) is 7.63. The van der Waals surface area contributed by atoms with E-state index in [1.165, 1.54) is 37.3 Å². The number of nitrogens with two attached hydrogens (primary N) is 1. The van der Waals surface area contributed by atoms with Gasteiger partial charge < -0.3 is 10.1 Å². The molecule has 0 saturated carbocycles. The summed E-state index contributed by atoms with van der Waals surface area (Å²) in [6.45, 7) is 1.39. The number of hydrogen-bond donors (Lipinski definition) is 2. The van der Waals surface area contributed by atoms with E-state index in [4.69, 9.17) is 33.1 Å². The molecule has 0 radical (unpaired) electrons. The number of carbonyl (C=O) groups is 2. The zero-order chi connectivity index (χ0) is 20.2. The van der Waals surface area contributed by atoms with Crippen molar-refractivity contribution in [3.8, 4) is 0 Å². The van der Waals surface area contributed by atoms with Crippen LogP contribution in [0.15, 0.2) is 47.4 Å². The highest BCUT2D eigenvalue weighted by atomic mass is 35.5. The molecule has 0 spiro atoms. The molecule has 3 N–H and O–H groups in total. The van der Waals surface area contributed by atoms with E-state index in [2.05, 4.69) is 5.32 Å². The minimum Gasteiger partial charge on any atom is -0.452 e. The summed E-state index contributed by atoms with van der Waals surface area (Å²) in [5, 5.41) is 8.19. The maximum Gasteiger partial charge on any atom is 0.311 e. The van der Waals surface area contributed by atoms with E-state index >= 15 is 0 Å². The molecule has 10 heteroatoms. The van der Waals surface area contributed by atoms with Gasteiger partial charge in [0, 0.05) is 5.69 Å².